The second kappa shape index (κ2) is 8.70. The van der Waals surface area contributed by atoms with Gasteiger partial charge in [0.15, 0.2) is 5.84 Å². The lowest BCUT2D eigenvalue weighted by atomic mass is 9.89. The van der Waals surface area contributed by atoms with E-state index in [1.807, 2.05) is 13.8 Å². The van der Waals surface area contributed by atoms with Gasteiger partial charge in [0.2, 0.25) is 5.91 Å². The number of carbonyl (C=O) groups excluding carboxylic acids is 2. The fraction of sp³-hybridized carbons (Fsp3) is 0.444. The molecule has 1 atom stereocenters. The maximum Gasteiger partial charge on any atom is 0.338 e. The van der Waals surface area contributed by atoms with Crippen LogP contribution >= 0.6 is 0 Å². The smallest absolute Gasteiger partial charge is 0.338 e. The molecule has 3 rings (SSSR count). The molecule has 0 fully saturated rings. The van der Waals surface area contributed by atoms with Crippen molar-refractivity contribution in [2.45, 2.75) is 32.9 Å². The molecule has 10 heteroatoms. The molecule has 1 unspecified atom stereocenters. The van der Waals surface area contributed by atoms with Crippen LogP contribution in [0, 0.1) is 5.92 Å². The Morgan fingerprint density at radius 1 is 1.39 bits per heavy atom. The third kappa shape index (κ3) is 4.58. The van der Waals surface area contributed by atoms with E-state index in [-0.39, 0.29) is 41.4 Å². The highest BCUT2D eigenvalue weighted by atomic mass is 16.5. The molecule has 2 aliphatic heterocycles. The average Bonchev–Trinajstić information content (AvgIpc) is 3.23. The monoisotopic (exact) mass is 389 g/mol. The molecule has 0 aliphatic carbocycles. The maximum atomic E-state index is 12.2. The molecule has 1 aromatic rings. The van der Waals surface area contributed by atoms with Crippen molar-refractivity contribution in [2.24, 2.45) is 15.9 Å². The number of nitrogens with zero attached hydrogens (tertiary/aromatic N) is 3. The molecule has 150 valence electrons. The highest BCUT2D eigenvalue weighted by molar-refractivity contribution is 6.17. The number of aromatic nitrogens is 1. The summed E-state index contributed by atoms with van der Waals surface area (Å²) in [6.45, 7) is 6.06. The van der Waals surface area contributed by atoms with Crippen molar-refractivity contribution < 1.29 is 24.2 Å². The van der Waals surface area contributed by atoms with Crippen molar-refractivity contribution in [3.8, 4) is 0 Å². The van der Waals surface area contributed by atoms with Gasteiger partial charge in [-0.1, -0.05) is 13.8 Å². The molecular weight excluding hydrogens is 366 g/mol. The van der Waals surface area contributed by atoms with E-state index in [0.717, 1.165) is 0 Å². The van der Waals surface area contributed by atoms with Gasteiger partial charge in [-0.25, -0.2) is 9.79 Å². The van der Waals surface area contributed by atoms with Gasteiger partial charge in [-0.2, -0.15) is 0 Å². The zero-order chi connectivity index (χ0) is 20.9. The maximum absolute atomic E-state index is 12.2. The summed E-state index contributed by atoms with van der Waals surface area (Å²) in [6.07, 6.45) is 2.92. The van der Waals surface area contributed by atoms with Crippen LogP contribution in [0.25, 0.3) is 0 Å². The Hall–Kier alpha value is -3.14. The Bertz CT molecular complexity index is 839. The van der Waals surface area contributed by atoms with Crippen LogP contribution in [-0.2, 0) is 20.9 Å². The molecule has 3 heterocycles. The molecule has 0 bridgehead atoms. The van der Waals surface area contributed by atoms with E-state index in [2.05, 4.69) is 25.6 Å². The lowest BCUT2D eigenvalue weighted by Crippen LogP contribution is -2.41. The lowest BCUT2D eigenvalue weighted by Gasteiger charge is -2.21. The van der Waals surface area contributed by atoms with Crippen LogP contribution in [0.5, 0.6) is 0 Å². The van der Waals surface area contributed by atoms with Gasteiger partial charge in [0.25, 0.3) is 5.91 Å². The van der Waals surface area contributed by atoms with Crippen LogP contribution < -0.4 is 10.6 Å². The number of methoxy groups -OCH3 is 1. The van der Waals surface area contributed by atoms with Gasteiger partial charge in [-0.05, 0) is 24.5 Å². The van der Waals surface area contributed by atoms with Crippen LogP contribution in [-0.4, -0.2) is 59.2 Å². The molecule has 0 saturated heterocycles. The Morgan fingerprint density at radius 2 is 2.11 bits per heavy atom. The standard InChI is InChI=1S/C15H19N3O4.C3H4N2O/c1-8(2)15(3)14(21)17-12(18-15)11-10(13(19)20)5-9(6-16-11)7-22-4;6-3-1-4-2-5-3/h5-6,8H,7H2,1-4H3,(H,19,20)(H,17,18,21);2H,1H2,(H,4,5,6). The van der Waals surface area contributed by atoms with E-state index in [1.165, 1.54) is 25.7 Å². The number of amidine groups is 1. The number of aromatic carboxylic acids is 1. The number of hydrogen-bond donors (Lipinski definition) is 3. The number of carbonyl (C=O) groups is 3. The topological polar surface area (TPSA) is 142 Å². The van der Waals surface area contributed by atoms with E-state index in [0.29, 0.717) is 12.1 Å². The zero-order valence-electron chi connectivity index (χ0n) is 16.1. The predicted molar refractivity (Wildman–Crippen MR) is 101 cm³/mol. The van der Waals surface area contributed by atoms with E-state index in [1.54, 1.807) is 6.92 Å². The SMILES string of the molecule is COCc1cnc(C2=NC(C)(C(C)C)C(=O)N2)c(C(=O)O)c1.O=C1CN=CN1. The van der Waals surface area contributed by atoms with Crippen molar-refractivity contribution >= 4 is 30.0 Å². The van der Waals surface area contributed by atoms with Crippen molar-refractivity contribution in [1.82, 2.24) is 15.6 Å². The molecule has 1 aromatic heterocycles. The van der Waals surface area contributed by atoms with Gasteiger partial charge in [-0.15, -0.1) is 0 Å². The van der Waals surface area contributed by atoms with Crippen LogP contribution in [0.1, 0.15) is 42.4 Å². The number of pyridine rings is 1. The first-order valence-corrected chi connectivity index (χ1v) is 8.59. The second-order valence-electron chi connectivity index (χ2n) is 6.73. The quantitative estimate of drug-likeness (QED) is 0.664. The Morgan fingerprint density at radius 3 is 2.54 bits per heavy atom. The van der Waals surface area contributed by atoms with Crippen molar-refractivity contribution in [3.63, 3.8) is 0 Å². The summed E-state index contributed by atoms with van der Waals surface area (Å²) in [7, 11) is 1.52. The molecule has 0 radical (unpaired) electrons. The highest BCUT2D eigenvalue weighted by Gasteiger charge is 2.43. The number of rotatable bonds is 5. The molecule has 0 spiro atoms. The summed E-state index contributed by atoms with van der Waals surface area (Å²) in [4.78, 5) is 45.7. The fourth-order valence-electron chi connectivity index (χ4n) is 2.45. The zero-order valence-corrected chi connectivity index (χ0v) is 16.1. The summed E-state index contributed by atoms with van der Waals surface area (Å²) in [5.74, 6) is -1.23. The number of carboxylic acids is 1. The molecule has 2 aliphatic rings. The minimum atomic E-state index is -1.13. The summed E-state index contributed by atoms with van der Waals surface area (Å²) in [5, 5.41) is 14.4. The molecule has 3 N–H and O–H groups in total. The number of carboxylic acid groups (broad SMARTS) is 1. The Balaban J connectivity index is 0.000000397. The molecule has 28 heavy (non-hydrogen) atoms. The van der Waals surface area contributed by atoms with E-state index in [9.17, 15) is 19.5 Å². The molecule has 2 amide bonds. The Labute approximate surface area is 162 Å². The predicted octanol–water partition coefficient (Wildman–Crippen LogP) is 0.362. The minimum absolute atomic E-state index is 0.0124. The van der Waals surface area contributed by atoms with Gasteiger partial charge in [0, 0.05) is 13.3 Å². The highest BCUT2D eigenvalue weighted by Crippen LogP contribution is 2.27. The van der Waals surface area contributed by atoms with E-state index in [4.69, 9.17) is 4.74 Å². The summed E-state index contributed by atoms with van der Waals surface area (Å²) < 4.78 is 4.98. The third-order valence-electron chi connectivity index (χ3n) is 4.42. The first-order chi connectivity index (χ1) is 13.2. The number of aliphatic imine (C=N–C) groups is 2. The molecule has 0 aromatic carbocycles. The number of amides is 2. The van der Waals surface area contributed by atoms with Gasteiger partial charge in [0.05, 0.1) is 18.5 Å². The van der Waals surface area contributed by atoms with Gasteiger partial charge in [-0.3, -0.25) is 19.6 Å². The second-order valence-corrected chi connectivity index (χ2v) is 6.73. The van der Waals surface area contributed by atoms with Gasteiger partial charge < -0.3 is 20.5 Å². The molecule has 0 saturated carbocycles. The average molecular weight is 389 g/mol. The van der Waals surface area contributed by atoms with Crippen LogP contribution in [0.3, 0.4) is 0 Å². The first-order valence-electron chi connectivity index (χ1n) is 8.59. The normalized spacial score (nSPS) is 20.4. The van der Waals surface area contributed by atoms with Gasteiger partial charge in [0.1, 0.15) is 17.8 Å². The first kappa shape index (κ1) is 21.2. The molecular formula is C18H23N5O5. The Kier molecular flexibility index (Phi) is 6.57. The van der Waals surface area contributed by atoms with Crippen LogP contribution in [0.2, 0.25) is 0 Å². The van der Waals surface area contributed by atoms with Crippen molar-refractivity contribution in [2.75, 3.05) is 13.7 Å². The number of nitrogens with one attached hydrogen (secondary N) is 2. The fourth-order valence-corrected chi connectivity index (χ4v) is 2.45. The van der Waals surface area contributed by atoms with Crippen LogP contribution in [0.15, 0.2) is 22.2 Å². The summed E-state index contributed by atoms with van der Waals surface area (Å²) in [6, 6.07) is 1.48. The lowest BCUT2D eigenvalue weighted by molar-refractivity contribution is -0.124. The van der Waals surface area contributed by atoms with E-state index < -0.39 is 11.5 Å². The van der Waals surface area contributed by atoms with Gasteiger partial charge >= 0.3 is 5.97 Å². The van der Waals surface area contributed by atoms with Crippen LogP contribution in [0.4, 0.5) is 0 Å². The number of hydrogen-bond acceptors (Lipinski definition) is 7. The number of ether oxygens (including phenoxy) is 1. The van der Waals surface area contributed by atoms with Crippen molar-refractivity contribution in [1.29, 1.82) is 0 Å². The summed E-state index contributed by atoms with van der Waals surface area (Å²) >= 11 is 0. The van der Waals surface area contributed by atoms with Crippen molar-refractivity contribution in [3.05, 3.63) is 29.1 Å². The van der Waals surface area contributed by atoms with E-state index >= 15 is 0 Å². The summed E-state index contributed by atoms with van der Waals surface area (Å²) in [5.41, 5.74) is -0.135. The minimum Gasteiger partial charge on any atom is -0.478 e. The molecule has 10 nitrogen and oxygen atoms in total. The third-order valence-corrected chi connectivity index (χ3v) is 4.42. The largest absolute Gasteiger partial charge is 0.478 e.